The summed E-state index contributed by atoms with van der Waals surface area (Å²) in [7, 11) is -5.91. The first-order chi connectivity index (χ1) is 3.13. The van der Waals surface area contributed by atoms with E-state index in [2.05, 4.69) is 4.13 Å². The van der Waals surface area contributed by atoms with Crippen molar-refractivity contribution in [1.29, 1.82) is 0 Å². The predicted octanol–water partition coefficient (Wildman–Crippen LogP) is -0.569. The Hall–Kier alpha value is -0.190. The molecule has 0 rings (SSSR count). The van der Waals surface area contributed by atoms with Crippen LogP contribution in [0.15, 0.2) is 4.13 Å². The molecule has 7 heavy (non-hydrogen) atoms. The highest BCUT2D eigenvalue weighted by atomic mass is 32.2. The summed E-state index contributed by atoms with van der Waals surface area (Å²) < 4.78 is 30.3. The van der Waals surface area contributed by atoms with Gasteiger partial charge in [-0.25, -0.2) is 0 Å². The van der Waals surface area contributed by atoms with Gasteiger partial charge >= 0.3 is 18.7 Å². The molecule has 0 aliphatic heterocycles. The van der Waals surface area contributed by atoms with Gasteiger partial charge in [-0.2, -0.15) is 8.42 Å². The van der Waals surface area contributed by atoms with E-state index in [1.54, 1.807) is 0 Å². The second-order valence-corrected chi connectivity index (χ2v) is 2.32. The third-order valence-corrected chi connectivity index (χ3v) is 1.37. The lowest BCUT2D eigenvalue weighted by Gasteiger charge is -1.65. The molecule has 0 aliphatic rings. The number of nitrogens with zero attached hydrogens (tertiary/aromatic N) is 1. The minimum Gasteiger partial charge on any atom is -0.329 e. The molecule has 0 aromatic heterocycles. The van der Waals surface area contributed by atoms with Crippen molar-refractivity contribution in [1.82, 2.24) is 0 Å². The molecule has 0 amide bonds. The molecule has 1 unspecified atom stereocenters. The van der Waals surface area contributed by atoms with Gasteiger partial charge in [0.2, 0.25) is 0 Å². The standard InChI is InChI=1S/H2NO4PS/c2-6(3)1-7(4)5/h6H,(H,2,3). The zero-order valence-electron chi connectivity index (χ0n) is 3.03. The summed E-state index contributed by atoms with van der Waals surface area (Å²) in [6, 6.07) is 0. The minimum atomic E-state index is -3.17. The number of hydrogen-bond acceptors (Lipinski definition) is 3. The Morgan fingerprint density at radius 2 is 2.00 bits per heavy atom. The molecule has 0 bridgehead atoms. The van der Waals surface area contributed by atoms with Crippen molar-refractivity contribution in [3.63, 3.8) is 0 Å². The molecule has 42 valence electrons. The highest BCUT2D eigenvalue weighted by Gasteiger charge is 1.78. The molecular weight excluding hydrogens is 141 g/mol. The molecule has 0 spiro atoms. The molecule has 0 saturated carbocycles. The van der Waals surface area contributed by atoms with Gasteiger partial charge in [-0.05, 0) is 0 Å². The largest absolute Gasteiger partial charge is 0.329 e. The minimum absolute atomic E-state index is 2.30. The summed E-state index contributed by atoms with van der Waals surface area (Å²) in [4.78, 5) is 7.71. The highest BCUT2D eigenvalue weighted by Crippen LogP contribution is 2.11. The molecule has 1 atom stereocenters. The van der Waals surface area contributed by atoms with Crippen LogP contribution in [0.1, 0.15) is 0 Å². The van der Waals surface area contributed by atoms with Crippen molar-refractivity contribution in [3.05, 3.63) is 0 Å². The first kappa shape index (κ1) is 6.81. The van der Waals surface area contributed by atoms with Gasteiger partial charge < -0.3 is 4.89 Å². The SMILES string of the molecule is O=[PH](O)N=S(=O)=O. The average Bonchev–Trinajstić information content (AvgIpc) is 1.27. The van der Waals surface area contributed by atoms with Crippen molar-refractivity contribution in [2.75, 3.05) is 0 Å². The fourth-order valence-electron chi connectivity index (χ4n) is 0.0638. The van der Waals surface area contributed by atoms with Crippen molar-refractivity contribution >= 4 is 18.7 Å². The first-order valence-corrected chi connectivity index (χ1v) is 3.50. The van der Waals surface area contributed by atoms with Crippen LogP contribution in [0.4, 0.5) is 0 Å². The summed E-state index contributed by atoms with van der Waals surface area (Å²) in [6.07, 6.45) is 0. The Morgan fingerprint density at radius 1 is 1.57 bits per heavy atom. The normalized spacial score (nSPS) is 12.7. The van der Waals surface area contributed by atoms with E-state index in [1.165, 1.54) is 0 Å². The fraction of sp³-hybridized carbons (Fsp3) is 0. The maximum absolute atomic E-state index is 9.44. The highest BCUT2D eigenvalue weighted by molar-refractivity contribution is 7.66. The summed E-state index contributed by atoms with van der Waals surface area (Å²) in [6.45, 7) is 0. The molecule has 0 heterocycles. The van der Waals surface area contributed by atoms with Crippen LogP contribution in [-0.2, 0) is 15.1 Å². The third-order valence-electron chi connectivity index (χ3n) is 0.153. The number of hydrogen-bond donors (Lipinski definition) is 1. The monoisotopic (exact) mass is 143 g/mol. The lowest BCUT2D eigenvalue weighted by molar-refractivity contribution is 0.505. The Labute approximate surface area is 41.6 Å². The molecule has 5 nitrogen and oxygen atoms in total. The second kappa shape index (κ2) is 2.90. The fourth-order valence-corrected chi connectivity index (χ4v) is 0.574. The molecule has 0 aromatic rings. The van der Waals surface area contributed by atoms with E-state index in [1.807, 2.05) is 0 Å². The quantitative estimate of drug-likeness (QED) is 0.498. The van der Waals surface area contributed by atoms with E-state index in [4.69, 9.17) is 4.89 Å². The lowest BCUT2D eigenvalue weighted by atomic mass is 13.9. The van der Waals surface area contributed by atoms with Crippen LogP contribution >= 0.6 is 8.18 Å². The first-order valence-electron chi connectivity index (χ1n) is 1.17. The molecular formula is H2NO4PS. The van der Waals surface area contributed by atoms with Crippen molar-refractivity contribution in [2.45, 2.75) is 0 Å². The van der Waals surface area contributed by atoms with E-state index < -0.39 is 18.7 Å². The maximum Gasteiger partial charge on any atom is 0.319 e. The zero-order chi connectivity index (χ0) is 5.86. The summed E-state index contributed by atoms with van der Waals surface area (Å²) in [5.41, 5.74) is 0. The summed E-state index contributed by atoms with van der Waals surface area (Å²) in [5, 5.41) is 0. The van der Waals surface area contributed by atoms with Crippen LogP contribution in [0.2, 0.25) is 0 Å². The average molecular weight is 143 g/mol. The van der Waals surface area contributed by atoms with Gasteiger partial charge in [0.05, 0.1) is 0 Å². The smallest absolute Gasteiger partial charge is 0.319 e. The van der Waals surface area contributed by atoms with E-state index in [9.17, 15) is 13.0 Å². The van der Waals surface area contributed by atoms with Gasteiger partial charge in [-0.1, -0.05) is 4.13 Å². The van der Waals surface area contributed by atoms with Crippen LogP contribution in [-0.4, -0.2) is 13.3 Å². The molecule has 0 radical (unpaired) electrons. The predicted molar refractivity (Wildman–Crippen MR) is 22.6 cm³/mol. The molecule has 7 heteroatoms. The van der Waals surface area contributed by atoms with Gasteiger partial charge in [-0.3, -0.25) is 4.57 Å². The van der Waals surface area contributed by atoms with Gasteiger partial charge in [0.25, 0.3) is 0 Å². The van der Waals surface area contributed by atoms with Crippen LogP contribution in [0.5, 0.6) is 0 Å². The molecule has 0 saturated heterocycles. The molecule has 0 fully saturated rings. The Kier molecular flexibility index (Phi) is 2.82. The summed E-state index contributed by atoms with van der Waals surface area (Å²) in [5.74, 6) is 0. The van der Waals surface area contributed by atoms with Crippen LogP contribution in [0.3, 0.4) is 0 Å². The number of rotatable bonds is 1. The van der Waals surface area contributed by atoms with Crippen LogP contribution < -0.4 is 0 Å². The van der Waals surface area contributed by atoms with E-state index in [-0.39, 0.29) is 0 Å². The third kappa shape index (κ3) is 5.81. The van der Waals surface area contributed by atoms with Crippen molar-refractivity contribution < 1.29 is 17.9 Å². The van der Waals surface area contributed by atoms with Gasteiger partial charge in [-0.15, -0.1) is 0 Å². The maximum atomic E-state index is 9.44. The molecule has 0 aromatic carbocycles. The van der Waals surface area contributed by atoms with Crippen molar-refractivity contribution in [2.24, 2.45) is 4.13 Å². The molecule has 1 N–H and O–H groups in total. The Balaban J connectivity index is 4.26. The van der Waals surface area contributed by atoms with E-state index in [0.717, 1.165) is 0 Å². The summed E-state index contributed by atoms with van der Waals surface area (Å²) >= 11 is 0. The van der Waals surface area contributed by atoms with Gasteiger partial charge in [0.15, 0.2) is 0 Å². The van der Waals surface area contributed by atoms with Gasteiger partial charge in [0, 0.05) is 0 Å². The van der Waals surface area contributed by atoms with E-state index >= 15 is 0 Å². The van der Waals surface area contributed by atoms with Gasteiger partial charge in [0.1, 0.15) is 0 Å². The van der Waals surface area contributed by atoms with Crippen LogP contribution in [0.25, 0.3) is 0 Å². The Bertz CT molecular complexity index is 180. The van der Waals surface area contributed by atoms with Crippen LogP contribution in [0, 0.1) is 0 Å². The Morgan fingerprint density at radius 3 is 2.00 bits per heavy atom. The second-order valence-electron chi connectivity index (χ2n) is 0.591. The topological polar surface area (TPSA) is 83.8 Å². The lowest BCUT2D eigenvalue weighted by Crippen LogP contribution is -1.49. The molecule has 0 aliphatic carbocycles. The van der Waals surface area contributed by atoms with Crippen molar-refractivity contribution in [3.8, 4) is 0 Å². The van der Waals surface area contributed by atoms with E-state index in [0.29, 0.717) is 0 Å². The zero-order valence-corrected chi connectivity index (χ0v) is 4.84.